The number of carbonyl (C=O) groups excluding carboxylic acids is 1. The molecule has 0 spiro atoms. The van der Waals surface area contributed by atoms with Gasteiger partial charge < -0.3 is 10.5 Å². The van der Waals surface area contributed by atoms with Crippen molar-refractivity contribution >= 4 is 5.91 Å². The molecule has 0 aliphatic heterocycles. The maximum absolute atomic E-state index is 9.59. The highest BCUT2D eigenvalue weighted by Gasteiger charge is 2.14. The van der Waals surface area contributed by atoms with Crippen LogP contribution in [0.4, 0.5) is 0 Å². The molecule has 0 atom stereocenters. The lowest BCUT2D eigenvalue weighted by atomic mass is 9.96. The maximum Gasteiger partial charge on any atom is 0.217 e. The summed E-state index contributed by atoms with van der Waals surface area (Å²) < 4.78 is 4.99. The number of ether oxygens (including phenoxy) is 1. The van der Waals surface area contributed by atoms with Crippen LogP contribution in [0.5, 0.6) is 0 Å². The molecule has 1 aliphatic rings. The van der Waals surface area contributed by atoms with Crippen LogP contribution in [-0.2, 0) is 9.53 Å². The number of amides is 1. The highest BCUT2D eigenvalue weighted by molar-refractivity contribution is 5.73. The van der Waals surface area contributed by atoms with Crippen molar-refractivity contribution in [3.8, 4) is 0 Å². The van der Waals surface area contributed by atoms with Crippen molar-refractivity contribution in [2.24, 2.45) is 5.73 Å². The van der Waals surface area contributed by atoms with Crippen LogP contribution in [0.15, 0.2) is 0 Å². The van der Waals surface area contributed by atoms with Crippen molar-refractivity contribution in [3.63, 3.8) is 0 Å². The summed E-state index contributed by atoms with van der Waals surface area (Å²) in [6.45, 7) is 5.72. The topological polar surface area (TPSA) is 52.3 Å². The largest absolute Gasteiger partial charge is 0.381 e. The Kier molecular flexibility index (Phi) is 13.1. The minimum absolute atomic E-state index is 0. The molecule has 0 saturated heterocycles. The summed E-state index contributed by atoms with van der Waals surface area (Å²) in [6.07, 6.45) is 5.01. The number of primary amides is 1. The Labute approximate surface area is 83.1 Å². The second-order valence-electron chi connectivity index (χ2n) is 2.61. The molecule has 0 bridgehead atoms. The lowest BCUT2D eigenvalue weighted by Crippen LogP contribution is -2.18. The Morgan fingerprint density at radius 1 is 1.54 bits per heavy atom. The molecular weight excluding hydrogens is 166 g/mol. The number of carbonyl (C=O) groups is 1. The van der Waals surface area contributed by atoms with Gasteiger partial charge in [-0.25, -0.2) is 0 Å². The Bertz CT molecular complexity index is 114. The summed E-state index contributed by atoms with van der Waals surface area (Å²) in [5.41, 5.74) is 4.65. The molecule has 2 N–H and O–H groups in total. The Morgan fingerprint density at radius 3 is 1.92 bits per heavy atom. The molecule has 1 saturated carbocycles. The third-order valence-electron chi connectivity index (χ3n) is 1.73. The molecule has 0 aromatic heterocycles. The van der Waals surface area contributed by atoms with Gasteiger partial charge in [-0.3, -0.25) is 4.79 Å². The molecule has 1 fully saturated rings. The van der Waals surface area contributed by atoms with Crippen molar-refractivity contribution in [2.75, 3.05) is 7.11 Å². The van der Waals surface area contributed by atoms with E-state index in [4.69, 9.17) is 4.74 Å². The molecule has 82 valence electrons. The van der Waals surface area contributed by atoms with E-state index in [-0.39, 0.29) is 7.33 Å². The summed E-state index contributed by atoms with van der Waals surface area (Å²) >= 11 is 0. The van der Waals surface area contributed by atoms with Crippen LogP contribution in [0.3, 0.4) is 0 Å². The Hall–Kier alpha value is -0.570. The smallest absolute Gasteiger partial charge is 0.217 e. The third-order valence-corrected chi connectivity index (χ3v) is 1.73. The van der Waals surface area contributed by atoms with E-state index in [0.717, 1.165) is 0 Å². The molecule has 0 aromatic carbocycles. The van der Waals surface area contributed by atoms with Crippen molar-refractivity contribution in [1.29, 1.82) is 0 Å². The molecule has 13 heavy (non-hydrogen) atoms. The van der Waals surface area contributed by atoms with Gasteiger partial charge >= 0.3 is 0 Å². The standard InChI is InChI=1S/C5H10O.C3H7NO.C2H6.H2/c1-6-5-3-2-4-5;1-2-3(4)5;1-2;/h5H,2-4H2,1H3;2H2,1H3,(H2,4,5);1-2H3;1H. The first-order valence-electron chi connectivity index (χ1n) is 5.01. The third kappa shape index (κ3) is 11.4. The zero-order valence-corrected chi connectivity index (χ0v) is 9.30. The minimum atomic E-state index is -0.245. The molecule has 3 nitrogen and oxygen atoms in total. The van der Waals surface area contributed by atoms with Crippen LogP contribution < -0.4 is 5.73 Å². The second kappa shape index (κ2) is 11.4. The highest BCUT2D eigenvalue weighted by atomic mass is 16.5. The molecule has 1 aliphatic carbocycles. The van der Waals surface area contributed by atoms with Gasteiger partial charge in [0.05, 0.1) is 6.10 Å². The normalized spacial score (nSPS) is 14.2. The van der Waals surface area contributed by atoms with E-state index < -0.39 is 0 Å². The Balaban J connectivity index is -0.000000141. The summed E-state index contributed by atoms with van der Waals surface area (Å²) in [7, 11) is 1.78. The van der Waals surface area contributed by atoms with Gasteiger partial charge in [0, 0.05) is 15.0 Å². The van der Waals surface area contributed by atoms with E-state index in [2.05, 4.69) is 5.73 Å². The SMILES string of the molecule is CC.CCC(N)=O.COC1CCC1.[HH]. The predicted octanol–water partition coefficient (Wildman–Crippen LogP) is 2.34. The lowest BCUT2D eigenvalue weighted by Gasteiger charge is -2.22. The van der Waals surface area contributed by atoms with Crippen LogP contribution in [0.2, 0.25) is 0 Å². The van der Waals surface area contributed by atoms with Gasteiger partial charge in [0.2, 0.25) is 5.91 Å². The van der Waals surface area contributed by atoms with Crippen LogP contribution in [0.25, 0.3) is 0 Å². The molecule has 0 unspecified atom stereocenters. The average Bonchev–Trinajstić information content (AvgIpc) is 2.07. The summed E-state index contributed by atoms with van der Waals surface area (Å²) in [5.74, 6) is -0.245. The number of hydrogen-bond acceptors (Lipinski definition) is 2. The van der Waals surface area contributed by atoms with Gasteiger partial charge in [0.15, 0.2) is 0 Å². The van der Waals surface area contributed by atoms with Gasteiger partial charge in [-0.2, -0.15) is 0 Å². The van der Waals surface area contributed by atoms with Crippen LogP contribution in [-0.4, -0.2) is 19.1 Å². The fraction of sp³-hybridized carbons (Fsp3) is 0.900. The second-order valence-corrected chi connectivity index (χ2v) is 2.61. The van der Waals surface area contributed by atoms with Gasteiger partial charge in [0.25, 0.3) is 0 Å². The van der Waals surface area contributed by atoms with Crippen molar-refractivity contribution in [2.45, 2.75) is 52.6 Å². The molecular formula is C10H25NO2. The summed E-state index contributed by atoms with van der Waals surface area (Å²) in [4.78, 5) is 9.59. The first kappa shape index (κ1) is 14.9. The minimum Gasteiger partial charge on any atom is -0.381 e. The van der Waals surface area contributed by atoms with Crippen molar-refractivity contribution in [3.05, 3.63) is 0 Å². The van der Waals surface area contributed by atoms with Gasteiger partial charge in [0.1, 0.15) is 0 Å². The molecule has 1 rings (SSSR count). The number of hydrogen-bond donors (Lipinski definition) is 1. The monoisotopic (exact) mass is 191 g/mol. The summed E-state index contributed by atoms with van der Waals surface area (Å²) in [5, 5.41) is 0. The zero-order chi connectivity index (χ0) is 10.7. The quantitative estimate of drug-likeness (QED) is 0.728. The van der Waals surface area contributed by atoms with Crippen molar-refractivity contribution in [1.82, 2.24) is 0 Å². The van der Waals surface area contributed by atoms with Crippen LogP contribution in [0.1, 0.15) is 47.9 Å². The van der Waals surface area contributed by atoms with Crippen molar-refractivity contribution < 1.29 is 11.0 Å². The average molecular weight is 191 g/mol. The Morgan fingerprint density at radius 2 is 1.92 bits per heavy atom. The first-order valence-corrected chi connectivity index (χ1v) is 5.01. The van der Waals surface area contributed by atoms with E-state index in [1.807, 2.05) is 13.8 Å². The first-order chi connectivity index (χ1) is 6.20. The number of nitrogens with two attached hydrogens (primary N) is 1. The lowest BCUT2D eigenvalue weighted by molar-refractivity contribution is -0.117. The van der Waals surface area contributed by atoms with E-state index in [9.17, 15) is 4.79 Å². The van der Waals surface area contributed by atoms with Gasteiger partial charge in [-0.05, 0) is 19.3 Å². The van der Waals surface area contributed by atoms with E-state index in [1.165, 1.54) is 19.3 Å². The van der Waals surface area contributed by atoms with Gasteiger partial charge in [-0.15, -0.1) is 0 Å². The fourth-order valence-corrected chi connectivity index (χ4v) is 0.606. The number of methoxy groups -OCH3 is 1. The molecule has 0 radical (unpaired) electrons. The highest BCUT2D eigenvalue weighted by Crippen LogP contribution is 2.20. The van der Waals surface area contributed by atoms with E-state index >= 15 is 0 Å². The summed E-state index contributed by atoms with van der Waals surface area (Å²) in [6, 6.07) is 0. The van der Waals surface area contributed by atoms with Gasteiger partial charge in [-0.1, -0.05) is 20.8 Å². The zero-order valence-electron chi connectivity index (χ0n) is 9.30. The molecule has 3 heteroatoms. The fourth-order valence-electron chi connectivity index (χ4n) is 0.606. The predicted molar refractivity (Wildman–Crippen MR) is 57.6 cm³/mol. The molecule has 0 aromatic rings. The molecule has 0 heterocycles. The van der Waals surface area contributed by atoms with E-state index in [1.54, 1.807) is 14.0 Å². The van der Waals surface area contributed by atoms with E-state index in [0.29, 0.717) is 12.5 Å². The number of rotatable bonds is 2. The van der Waals surface area contributed by atoms with Crippen LogP contribution >= 0.6 is 0 Å². The van der Waals surface area contributed by atoms with Crippen LogP contribution in [0, 0.1) is 0 Å². The molecule has 1 amide bonds. The maximum atomic E-state index is 9.59.